The smallest absolute Gasteiger partial charge is 0.320 e. The fourth-order valence-electron chi connectivity index (χ4n) is 2.13. The Hall–Kier alpha value is -2.78. The summed E-state index contributed by atoms with van der Waals surface area (Å²) < 4.78 is 9.40. The van der Waals surface area contributed by atoms with Crippen LogP contribution >= 0.6 is 23.3 Å². The van der Waals surface area contributed by atoms with E-state index < -0.39 is 11.9 Å². The third-order valence-corrected chi connectivity index (χ3v) is 5.28. The second-order valence-corrected chi connectivity index (χ2v) is 6.95. The first-order valence-corrected chi connectivity index (χ1v) is 9.43. The van der Waals surface area contributed by atoms with Gasteiger partial charge in [0.05, 0.1) is 12.8 Å². The number of carbonyl (C=O) groups excluding carboxylic acids is 2. The van der Waals surface area contributed by atoms with Gasteiger partial charge in [-0.2, -0.15) is 4.37 Å². The lowest BCUT2D eigenvalue weighted by atomic mass is 10.2. The van der Waals surface area contributed by atoms with Crippen LogP contribution in [0.25, 0.3) is 0 Å². The molecule has 0 spiro atoms. The van der Waals surface area contributed by atoms with E-state index in [1.165, 1.54) is 18.0 Å². The summed E-state index contributed by atoms with van der Waals surface area (Å²) in [5.41, 5.74) is 6.81. The van der Waals surface area contributed by atoms with Gasteiger partial charge in [0.1, 0.15) is 21.4 Å². The minimum absolute atomic E-state index is 0.226. The van der Waals surface area contributed by atoms with Crippen molar-refractivity contribution in [2.75, 3.05) is 5.32 Å². The third-order valence-electron chi connectivity index (χ3n) is 3.36. The monoisotopic (exact) mass is 388 g/mol. The van der Waals surface area contributed by atoms with Crippen LogP contribution in [0.2, 0.25) is 0 Å². The zero-order valence-electron chi connectivity index (χ0n) is 13.6. The number of nitrogens with two attached hydrogens (primary N) is 1. The molecule has 7 nitrogen and oxygen atoms in total. The van der Waals surface area contributed by atoms with Gasteiger partial charge in [-0.05, 0) is 29.2 Å². The maximum absolute atomic E-state index is 12.0. The number of hydrogen-bond donors (Lipinski definition) is 3. The molecule has 3 amide bonds. The molecule has 0 bridgehead atoms. The van der Waals surface area contributed by atoms with Crippen molar-refractivity contribution in [1.29, 1.82) is 0 Å². The van der Waals surface area contributed by atoms with E-state index >= 15 is 0 Å². The number of nitrogens with one attached hydrogen (secondary N) is 2. The SMILES string of the molecule is NC(=O)c1c(SCc2ccccc2)nsc1NC(=O)NCc1ccco1. The van der Waals surface area contributed by atoms with Crippen LogP contribution in [0.5, 0.6) is 0 Å². The fraction of sp³-hybridized carbons (Fsp3) is 0.118. The summed E-state index contributed by atoms with van der Waals surface area (Å²) in [7, 11) is 0. The molecule has 0 saturated carbocycles. The van der Waals surface area contributed by atoms with Crippen molar-refractivity contribution in [1.82, 2.24) is 9.69 Å². The van der Waals surface area contributed by atoms with Crippen molar-refractivity contribution in [3.8, 4) is 0 Å². The van der Waals surface area contributed by atoms with E-state index in [9.17, 15) is 9.59 Å². The lowest BCUT2D eigenvalue weighted by Gasteiger charge is -2.06. The summed E-state index contributed by atoms with van der Waals surface area (Å²) in [6.07, 6.45) is 1.53. The lowest BCUT2D eigenvalue weighted by Crippen LogP contribution is -2.28. The zero-order chi connectivity index (χ0) is 18.4. The van der Waals surface area contributed by atoms with Gasteiger partial charge < -0.3 is 15.5 Å². The molecular formula is C17H16N4O3S2. The first-order valence-electron chi connectivity index (χ1n) is 7.67. The van der Waals surface area contributed by atoms with Crippen molar-refractivity contribution < 1.29 is 14.0 Å². The van der Waals surface area contributed by atoms with Crippen LogP contribution in [0.15, 0.2) is 58.2 Å². The summed E-state index contributed by atoms with van der Waals surface area (Å²) >= 11 is 2.42. The first kappa shape index (κ1) is 18.0. The van der Waals surface area contributed by atoms with Crippen LogP contribution < -0.4 is 16.4 Å². The summed E-state index contributed by atoms with van der Waals surface area (Å²) in [4.78, 5) is 23.9. The molecule has 2 heterocycles. The van der Waals surface area contributed by atoms with Gasteiger partial charge in [0.2, 0.25) is 0 Å². The molecule has 134 valence electrons. The normalized spacial score (nSPS) is 10.5. The number of amides is 3. The number of primary amides is 1. The molecule has 1 aromatic carbocycles. The summed E-state index contributed by atoms with van der Waals surface area (Å²) in [5.74, 6) is 0.643. The molecule has 0 saturated heterocycles. The van der Waals surface area contributed by atoms with Gasteiger partial charge in [0, 0.05) is 5.75 Å². The van der Waals surface area contributed by atoms with Crippen LogP contribution in [0.1, 0.15) is 21.7 Å². The molecule has 0 atom stereocenters. The van der Waals surface area contributed by atoms with Gasteiger partial charge in [0.15, 0.2) is 0 Å². The Morgan fingerprint density at radius 1 is 1.19 bits per heavy atom. The fourth-order valence-corrected chi connectivity index (χ4v) is 4.05. The Morgan fingerprint density at radius 2 is 2.00 bits per heavy atom. The highest BCUT2D eigenvalue weighted by Gasteiger charge is 2.21. The van der Waals surface area contributed by atoms with Crippen LogP contribution in [-0.2, 0) is 12.3 Å². The minimum Gasteiger partial charge on any atom is -0.467 e. The molecule has 26 heavy (non-hydrogen) atoms. The van der Waals surface area contributed by atoms with Crippen molar-refractivity contribution in [2.24, 2.45) is 5.73 Å². The van der Waals surface area contributed by atoms with Crippen LogP contribution in [0, 0.1) is 0 Å². The average Bonchev–Trinajstić information content (AvgIpc) is 3.29. The molecule has 3 aromatic rings. The summed E-state index contributed by atoms with van der Waals surface area (Å²) in [6, 6.07) is 12.8. The van der Waals surface area contributed by atoms with Gasteiger partial charge in [-0.15, -0.1) is 0 Å². The number of urea groups is 1. The van der Waals surface area contributed by atoms with E-state index in [2.05, 4.69) is 15.0 Å². The molecule has 9 heteroatoms. The number of nitrogens with zero attached hydrogens (tertiary/aromatic N) is 1. The quantitative estimate of drug-likeness (QED) is 0.537. The molecular weight excluding hydrogens is 372 g/mol. The van der Waals surface area contributed by atoms with Crippen molar-refractivity contribution in [2.45, 2.75) is 17.3 Å². The number of aromatic nitrogens is 1. The molecule has 0 fully saturated rings. The highest BCUT2D eigenvalue weighted by Crippen LogP contribution is 2.33. The highest BCUT2D eigenvalue weighted by molar-refractivity contribution is 7.98. The number of anilines is 1. The predicted octanol–water partition coefficient (Wildman–Crippen LogP) is 3.45. The van der Waals surface area contributed by atoms with E-state index in [0.717, 1.165) is 17.1 Å². The van der Waals surface area contributed by atoms with Gasteiger partial charge in [-0.1, -0.05) is 42.1 Å². The Kier molecular flexibility index (Phi) is 5.92. The van der Waals surface area contributed by atoms with Gasteiger partial charge in [-0.25, -0.2) is 4.79 Å². The summed E-state index contributed by atoms with van der Waals surface area (Å²) in [5, 5.41) is 6.10. The van der Waals surface area contributed by atoms with E-state index in [4.69, 9.17) is 10.2 Å². The molecule has 3 rings (SSSR count). The largest absolute Gasteiger partial charge is 0.467 e. The van der Waals surface area contributed by atoms with Crippen LogP contribution in [0.4, 0.5) is 9.80 Å². The highest BCUT2D eigenvalue weighted by atomic mass is 32.2. The van der Waals surface area contributed by atoms with Gasteiger partial charge in [0.25, 0.3) is 5.91 Å². The van der Waals surface area contributed by atoms with E-state index in [1.807, 2.05) is 30.3 Å². The maximum Gasteiger partial charge on any atom is 0.320 e. The Balaban J connectivity index is 1.64. The number of hydrogen-bond acceptors (Lipinski definition) is 6. The number of carbonyl (C=O) groups is 2. The van der Waals surface area contributed by atoms with Gasteiger partial charge >= 0.3 is 6.03 Å². The molecule has 4 N–H and O–H groups in total. The molecule has 0 aliphatic carbocycles. The van der Waals surface area contributed by atoms with Crippen molar-refractivity contribution >= 4 is 40.2 Å². The second kappa shape index (κ2) is 8.54. The summed E-state index contributed by atoms with van der Waals surface area (Å²) in [6.45, 7) is 0.235. The Bertz CT molecular complexity index is 879. The van der Waals surface area contributed by atoms with Crippen molar-refractivity contribution in [3.05, 3.63) is 65.6 Å². The van der Waals surface area contributed by atoms with Crippen molar-refractivity contribution in [3.63, 3.8) is 0 Å². The maximum atomic E-state index is 12.0. The number of benzene rings is 1. The van der Waals surface area contributed by atoms with E-state index in [-0.39, 0.29) is 12.1 Å². The third kappa shape index (κ3) is 4.64. The number of thioether (sulfide) groups is 1. The van der Waals surface area contributed by atoms with E-state index in [0.29, 0.717) is 21.5 Å². The molecule has 0 aliphatic heterocycles. The van der Waals surface area contributed by atoms with Crippen LogP contribution in [-0.4, -0.2) is 16.3 Å². The average molecular weight is 388 g/mol. The molecule has 0 aliphatic rings. The molecule has 2 aromatic heterocycles. The standard InChI is InChI=1S/C17H16N4O3S2/c18-14(22)13-15(20-17(23)19-9-12-7-4-8-24-12)26-21-16(13)25-10-11-5-2-1-3-6-11/h1-8H,9-10H2,(H2,18,22)(H2,19,20,23). The Labute approximate surface area is 158 Å². The van der Waals surface area contributed by atoms with Crippen LogP contribution in [0.3, 0.4) is 0 Å². The number of rotatable bonds is 7. The first-order chi connectivity index (χ1) is 12.6. The number of furan rings is 1. The zero-order valence-corrected chi connectivity index (χ0v) is 15.2. The second-order valence-electron chi connectivity index (χ2n) is 5.22. The van der Waals surface area contributed by atoms with E-state index in [1.54, 1.807) is 12.1 Å². The minimum atomic E-state index is -0.629. The predicted molar refractivity (Wildman–Crippen MR) is 101 cm³/mol. The molecule has 0 unspecified atom stereocenters. The van der Waals surface area contributed by atoms with Gasteiger partial charge in [-0.3, -0.25) is 10.1 Å². The molecule has 0 radical (unpaired) electrons. The lowest BCUT2D eigenvalue weighted by molar-refractivity contribution is 0.0998. The topological polar surface area (TPSA) is 110 Å². The Morgan fingerprint density at radius 3 is 2.69 bits per heavy atom.